The number of ether oxygens (including phenoxy) is 2. The van der Waals surface area contributed by atoms with Crippen LogP contribution < -0.4 is 0 Å². The van der Waals surface area contributed by atoms with E-state index in [-0.39, 0.29) is 10.8 Å². The Morgan fingerprint density at radius 2 is 1.75 bits per heavy atom. The summed E-state index contributed by atoms with van der Waals surface area (Å²) in [5.74, 6) is -0.0382. The fourth-order valence-electron chi connectivity index (χ4n) is 5.05. The number of carbonyl (C=O) groups excluding carboxylic acids is 1. The van der Waals surface area contributed by atoms with Crippen LogP contribution in [0.4, 0.5) is 0 Å². The van der Waals surface area contributed by atoms with Gasteiger partial charge in [-0.05, 0) is 49.4 Å². The van der Waals surface area contributed by atoms with Crippen molar-refractivity contribution in [2.24, 2.45) is 5.92 Å². The van der Waals surface area contributed by atoms with Crippen molar-refractivity contribution in [2.75, 3.05) is 39.4 Å². The second kappa shape index (κ2) is 8.13. The van der Waals surface area contributed by atoms with Gasteiger partial charge < -0.3 is 19.4 Å². The van der Waals surface area contributed by atoms with Crippen molar-refractivity contribution in [2.45, 2.75) is 50.2 Å². The van der Waals surface area contributed by atoms with Gasteiger partial charge in [-0.1, -0.05) is 6.92 Å². The number of benzene rings is 1. The van der Waals surface area contributed by atoms with Crippen LogP contribution in [-0.2, 0) is 19.5 Å². The fourth-order valence-corrected chi connectivity index (χ4v) is 6.55. The van der Waals surface area contributed by atoms with Crippen LogP contribution in [0, 0.1) is 12.8 Å². The average Bonchev–Trinajstić information content (AvgIpc) is 3.38. The molecule has 1 amide bonds. The maximum absolute atomic E-state index is 13.2. The van der Waals surface area contributed by atoms with E-state index in [1.165, 1.54) is 0 Å². The Balaban J connectivity index is 1.38. The first-order chi connectivity index (χ1) is 15.3. The molecule has 8 nitrogen and oxygen atoms in total. The number of fused-ring (bicyclic) bond motifs is 1. The van der Waals surface area contributed by atoms with E-state index in [9.17, 15) is 13.2 Å². The number of rotatable bonds is 3. The SMILES string of the molecule is Cc1c(C(=O)N2CCC3(CC2)OCCO3)[nH]c2ccc(S(=O)(=O)N3CCC(C)CC3)cc12. The Kier molecular flexibility index (Phi) is 5.56. The number of amides is 1. The maximum Gasteiger partial charge on any atom is 0.270 e. The highest BCUT2D eigenvalue weighted by Crippen LogP contribution is 2.33. The summed E-state index contributed by atoms with van der Waals surface area (Å²) in [5, 5.41) is 0.774. The van der Waals surface area contributed by atoms with Gasteiger partial charge in [0.05, 0.1) is 18.1 Å². The van der Waals surface area contributed by atoms with Gasteiger partial charge in [0.25, 0.3) is 5.91 Å². The summed E-state index contributed by atoms with van der Waals surface area (Å²) in [6.07, 6.45) is 3.09. The molecule has 2 aromatic rings. The van der Waals surface area contributed by atoms with Crippen molar-refractivity contribution < 1.29 is 22.7 Å². The molecule has 0 bridgehead atoms. The highest BCUT2D eigenvalue weighted by molar-refractivity contribution is 7.89. The van der Waals surface area contributed by atoms with Crippen molar-refractivity contribution in [1.82, 2.24) is 14.2 Å². The fraction of sp³-hybridized carbons (Fsp3) is 0.609. The summed E-state index contributed by atoms with van der Waals surface area (Å²) < 4.78 is 39.5. The molecule has 32 heavy (non-hydrogen) atoms. The lowest BCUT2D eigenvalue weighted by Crippen LogP contribution is -2.47. The van der Waals surface area contributed by atoms with Crippen molar-refractivity contribution >= 4 is 26.8 Å². The highest BCUT2D eigenvalue weighted by atomic mass is 32.2. The zero-order chi connectivity index (χ0) is 22.5. The second-order valence-electron chi connectivity index (χ2n) is 9.32. The number of carbonyl (C=O) groups is 1. The molecule has 0 atom stereocenters. The molecule has 0 saturated carbocycles. The summed E-state index contributed by atoms with van der Waals surface area (Å²) in [6.45, 7) is 7.50. The van der Waals surface area contributed by atoms with Crippen molar-refractivity contribution in [3.05, 3.63) is 29.5 Å². The molecule has 3 aliphatic rings. The number of H-pyrrole nitrogens is 1. The molecule has 3 fully saturated rings. The number of piperidine rings is 2. The van der Waals surface area contributed by atoms with E-state index in [0.717, 1.165) is 29.3 Å². The zero-order valence-corrected chi connectivity index (χ0v) is 19.5. The van der Waals surface area contributed by atoms with Crippen molar-refractivity contribution in [1.29, 1.82) is 0 Å². The molecular formula is C23H31N3O5S. The Labute approximate surface area is 188 Å². The molecule has 3 aliphatic heterocycles. The molecule has 0 aliphatic carbocycles. The predicted molar refractivity (Wildman–Crippen MR) is 120 cm³/mol. The number of nitrogens with one attached hydrogen (secondary N) is 1. The first-order valence-corrected chi connectivity index (χ1v) is 12.9. The quantitative estimate of drug-likeness (QED) is 0.759. The van der Waals surface area contributed by atoms with E-state index in [1.54, 1.807) is 22.5 Å². The first-order valence-electron chi connectivity index (χ1n) is 11.5. The number of aromatic amines is 1. The molecule has 1 spiro atoms. The molecule has 9 heteroatoms. The summed E-state index contributed by atoms with van der Waals surface area (Å²) >= 11 is 0. The number of hydrogen-bond donors (Lipinski definition) is 1. The highest BCUT2D eigenvalue weighted by Gasteiger charge is 2.41. The van der Waals surface area contributed by atoms with Gasteiger partial charge >= 0.3 is 0 Å². The summed E-state index contributed by atoms with van der Waals surface area (Å²) in [7, 11) is -3.54. The third kappa shape index (κ3) is 3.75. The first kappa shape index (κ1) is 21.9. The molecule has 3 saturated heterocycles. The Bertz CT molecular complexity index is 1120. The van der Waals surface area contributed by atoms with Gasteiger partial charge in [-0.25, -0.2) is 8.42 Å². The number of aromatic nitrogens is 1. The van der Waals surface area contributed by atoms with Gasteiger partial charge in [0, 0.05) is 49.9 Å². The van der Waals surface area contributed by atoms with E-state index in [2.05, 4.69) is 11.9 Å². The Morgan fingerprint density at radius 1 is 1.09 bits per heavy atom. The lowest BCUT2D eigenvalue weighted by atomic mass is 10.0. The number of sulfonamides is 1. The van der Waals surface area contributed by atoms with E-state index < -0.39 is 15.8 Å². The van der Waals surface area contributed by atoms with E-state index in [4.69, 9.17) is 9.47 Å². The second-order valence-corrected chi connectivity index (χ2v) is 11.3. The van der Waals surface area contributed by atoms with Gasteiger partial charge in [0.1, 0.15) is 5.69 Å². The molecule has 174 valence electrons. The summed E-state index contributed by atoms with van der Waals surface area (Å²) in [4.78, 5) is 18.6. The van der Waals surface area contributed by atoms with Gasteiger partial charge in [0.2, 0.25) is 10.0 Å². The van der Waals surface area contributed by atoms with Gasteiger partial charge in [-0.2, -0.15) is 4.31 Å². The molecule has 4 heterocycles. The lowest BCUT2D eigenvalue weighted by molar-refractivity contribution is -0.181. The van der Waals surface area contributed by atoms with E-state index in [1.807, 2.05) is 11.8 Å². The van der Waals surface area contributed by atoms with Crippen LogP contribution in [0.15, 0.2) is 23.1 Å². The minimum absolute atomic E-state index is 0.0685. The van der Waals surface area contributed by atoms with Gasteiger partial charge in [-0.15, -0.1) is 0 Å². The summed E-state index contributed by atoms with van der Waals surface area (Å²) in [6, 6.07) is 5.11. The normalized spacial score (nSPS) is 22.8. The van der Waals surface area contributed by atoms with E-state index in [0.29, 0.717) is 63.8 Å². The van der Waals surface area contributed by atoms with Crippen molar-refractivity contribution in [3.63, 3.8) is 0 Å². The third-order valence-electron chi connectivity index (χ3n) is 7.25. The smallest absolute Gasteiger partial charge is 0.270 e. The van der Waals surface area contributed by atoms with Crippen LogP contribution in [0.5, 0.6) is 0 Å². The molecule has 1 aromatic heterocycles. The van der Waals surface area contributed by atoms with E-state index >= 15 is 0 Å². The van der Waals surface area contributed by atoms with Crippen LogP contribution in [-0.4, -0.2) is 73.7 Å². The minimum atomic E-state index is -3.54. The van der Waals surface area contributed by atoms with Crippen LogP contribution in [0.25, 0.3) is 10.9 Å². The Morgan fingerprint density at radius 3 is 2.41 bits per heavy atom. The van der Waals surface area contributed by atoms with Crippen LogP contribution in [0.1, 0.15) is 48.7 Å². The number of aryl methyl sites for hydroxylation is 1. The molecule has 0 unspecified atom stereocenters. The van der Waals surface area contributed by atoms with Crippen LogP contribution in [0.3, 0.4) is 0 Å². The van der Waals surface area contributed by atoms with Gasteiger partial charge in [0.15, 0.2) is 5.79 Å². The maximum atomic E-state index is 13.2. The predicted octanol–water partition coefficient (Wildman–Crippen LogP) is 2.88. The minimum Gasteiger partial charge on any atom is -0.350 e. The van der Waals surface area contributed by atoms with Crippen molar-refractivity contribution in [3.8, 4) is 0 Å². The largest absolute Gasteiger partial charge is 0.350 e. The lowest BCUT2D eigenvalue weighted by Gasteiger charge is -2.37. The van der Waals surface area contributed by atoms with Crippen LogP contribution >= 0.6 is 0 Å². The number of likely N-dealkylation sites (tertiary alicyclic amines) is 1. The van der Waals surface area contributed by atoms with Crippen LogP contribution in [0.2, 0.25) is 0 Å². The summed E-state index contributed by atoms with van der Waals surface area (Å²) in [5.41, 5.74) is 2.07. The third-order valence-corrected chi connectivity index (χ3v) is 9.14. The number of nitrogens with zero attached hydrogens (tertiary/aromatic N) is 2. The molecule has 1 aromatic carbocycles. The molecule has 0 radical (unpaired) electrons. The standard InChI is InChI=1S/C23H31N3O5S/c1-16-5-9-26(10-6-16)32(28,29)18-3-4-20-19(15-18)17(2)21(24-20)22(27)25-11-7-23(8-12-25)30-13-14-31-23/h3-4,15-16,24H,5-14H2,1-2H3. The topological polar surface area (TPSA) is 91.9 Å². The zero-order valence-electron chi connectivity index (χ0n) is 18.7. The van der Waals surface area contributed by atoms with Gasteiger partial charge in [-0.3, -0.25) is 4.79 Å². The average molecular weight is 462 g/mol. The molecular weight excluding hydrogens is 430 g/mol. The monoisotopic (exact) mass is 461 g/mol. The Hall–Kier alpha value is -1.94. The molecule has 5 rings (SSSR count). The number of hydrogen-bond acceptors (Lipinski definition) is 5. The molecule has 1 N–H and O–H groups in total.